The van der Waals surface area contributed by atoms with Crippen LogP contribution in [0.25, 0.3) is 0 Å². The van der Waals surface area contributed by atoms with Crippen LogP contribution in [-0.4, -0.2) is 44.6 Å². The SMILES string of the molecule is COc1ccc(S(=O)(=O)N(C)C2CC2)cc1C#CCCO. The number of rotatable bonds is 5. The van der Waals surface area contributed by atoms with E-state index in [0.29, 0.717) is 17.7 Å². The Labute approximate surface area is 125 Å². The zero-order valence-corrected chi connectivity index (χ0v) is 13.0. The summed E-state index contributed by atoms with van der Waals surface area (Å²) in [6.45, 7) is -0.0300. The monoisotopic (exact) mass is 309 g/mol. The molecule has 0 bridgehead atoms. The van der Waals surface area contributed by atoms with Gasteiger partial charge in [-0.3, -0.25) is 0 Å². The first-order chi connectivity index (χ1) is 10.0. The molecule has 1 aliphatic carbocycles. The number of methoxy groups -OCH3 is 1. The van der Waals surface area contributed by atoms with Crippen molar-refractivity contribution in [3.8, 4) is 17.6 Å². The number of ether oxygens (including phenoxy) is 1. The molecular weight excluding hydrogens is 290 g/mol. The fourth-order valence-electron chi connectivity index (χ4n) is 1.96. The van der Waals surface area contributed by atoms with Gasteiger partial charge in [-0.2, -0.15) is 4.31 Å². The minimum absolute atomic E-state index is 0.0300. The van der Waals surface area contributed by atoms with Gasteiger partial charge in [-0.05, 0) is 31.0 Å². The van der Waals surface area contributed by atoms with Gasteiger partial charge < -0.3 is 9.84 Å². The summed E-state index contributed by atoms with van der Waals surface area (Å²) in [7, 11) is -0.377. The van der Waals surface area contributed by atoms with Gasteiger partial charge in [0.1, 0.15) is 5.75 Å². The number of sulfonamides is 1. The Kier molecular flexibility index (Phi) is 4.88. The van der Waals surface area contributed by atoms with Crippen LogP contribution in [0.15, 0.2) is 23.1 Å². The van der Waals surface area contributed by atoms with Crippen LogP contribution in [0.1, 0.15) is 24.8 Å². The van der Waals surface area contributed by atoms with Crippen molar-refractivity contribution >= 4 is 10.0 Å². The number of aliphatic hydroxyl groups excluding tert-OH is 1. The normalized spacial score (nSPS) is 14.7. The van der Waals surface area contributed by atoms with Crippen molar-refractivity contribution in [1.82, 2.24) is 4.31 Å². The first-order valence-electron chi connectivity index (χ1n) is 6.76. The van der Waals surface area contributed by atoms with E-state index < -0.39 is 10.0 Å². The highest BCUT2D eigenvalue weighted by Crippen LogP contribution is 2.31. The maximum Gasteiger partial charge on any atom is 0.243 e. The first-order valence-corrected chi connectivity index (χ1v) is 8.20. The number of benzene rings is 1. The first kappa shape index (κ1) is 15.8. The second kappa shape index (κ2) is 6.48. The van der Waals surface area contributed by atoms with E-state index in [2.05, 4.69) is 11.8 Å². The van der Waals surface area contributed by atoms with Crippen LogP contribution < -0.4 is 4.74 Å². The zero-order valence-electron chi connectivity index (χ0n) is 12.2. The molecule has 0 spiro atoms. The fraction of sp³-hybridized carbons (Fsp3) is 0.467. The van der Waals surface area contributed by atoms with E-state index in [1.807, 2.05) is 0 Å². The van der Waals surface area contributed by atoms with Gasteiger partial charge in [-0.1, -0.05) is 11.8 Å². The quantitative estimate of drug-likeness (QED) is 0.830. The van der Waals surface area contributed by atoms with Gasteiger partial charge >= 0.3 is 0 Å². The van der Waals surface area contributed by atoms with E-state index >= 15 is 0 Å². The molecule has 1 N–H and O–H groups in total. The summed E-state index contributed by atoms with van der Waals surface area (Å²) in [5.41, 5.74) is 0.510. The number of hydrogen-bond donors (Lipinski definition) is 1. The molecule has 1 aromatic rings. The van der Waals surface area contributed by atoms with Crippen molar-refractivity contribution in [3.05, 3.63) is 23.8 Å². The summed E-state index contributed by atoms with van der Waals surface area (Å²) >= 11 is 0. The standard InChI is InChI=1S/C15H19NO4S/c1-16(13-6-7-13)21(18,19)14-8-9-15(20-2)12(11-14)5-3-4-10-17/h8-9,11,13,17H,4,6-7,10H2,1-2H3. The summed E-state index contributed by atoms with van der Waals surface area (Å²) in [6, 6.07) is 4.78. The summed E-state index contributed by atoms with van der Waals surface area (Å²) < 4.78 is 31.6. The van der Waals surface area contributed by atoms with E-state index in [4.69, 9.17) is 9.84 Å². The summed E-state index contributed by atoms with van der Waals surface area (Å²) in [5.74, 6) is 6.15. The van der Waals surface area contributed by atoms with Gasteiger partial charge in [-0.15, -0.1) is 0 Å². The second-order valence-electron chi connectivity index (χ2n) is 4.89. The van der Waals surface area contributed by atoms with Crippen LogP contribution in [0.4, 0.5) is 0 Å². The Morgan fingerprint density at radius 3 is 2.71 bits per heavy atom. The van der Waals surface area contributed by atoms with Crippen LogP contribution in [0.2, 0.25) is 0 Å². The molecule has 0 heterocycles. The van der Waals surface area contributed by atoms with E-state index in [0.717, 1.165) is 12.8 Å². The molecule has 2 rings (SSSR count). The molecule has 0 amide bonds. The predicted octanol–water partition coefficient (Wildman–Crippen LogP) is 1.21. The Morgan fingerprint density at radius 1 is 1.43 bits per heavy atom. The molecule has 5 nitrogen and oxygen atoms in total. The molecule has 21 heavy (non-hydrogen) atoms. The zero-order chi connectivity index (χ0) is 15.5. The molecule has 0 radical (unpaired) electrons. The Morgan fingerprint density at radius 2 is 2.14 bits per heavy atom. The molecule has 1 fully saturated rings. The van der Waals surface area contributed by atoms with Crippen molar-refractivity contribution in [2.24, 2.45) is 0 Å². The predicted molar refractivity (Wildman–Crippen MR) is 79.5 cm³/mol. The Bertz CT molecular complexity index is 669. The molecule has 1 saturated carbocycles. The fourth-order valence-corrected chi connectivity index (χ4v) is 3.40. The smallest absolute Gasteiger partial charge is 0.243 e. The highest BCUT2D eigenvalue weighted by Gasteiger charge is 2.35. The average molecular weight is 309 g/mol. The van der Waals surface area contributed by atoms with Gasteiger partial charge in [0.05, 0.1) is 24.2 Å². The minimum atomic E-state index is -3.49. The molecule has 0 aliphatic heterocycles. The molecule has 1 aliphatic rings. The number of hydrogen-bond acceptors (Lipinski definition) is 4. The van der Waals surface area contributed by atoms with Crippen LogP contribution in [0.5, 0.6) is 5.75 Å². The third kappa shape index (κ3) is 3.56. The maximum atomic E-state index is 12.5. The van der Waals surface area contributed by atoms with Crippen LogP contribution in [0, 0.1) is 11.8 Å². The lowest BCUT2D eigenvalue weighted by Gasteiger charge is -2.17. The highest BCUT2D eigenvalue weighted by molar-refractivity contribution is 7.89. The van der Waals surface area contributed by atoms with Gasteiger partial charge in [-0.25, -0.2) is 8.42 Å². The van der Waals surface area contributed by atoms with E-state index in [1.54, 1.807) is 13.1 Å². The summed E-state index contributed by atoms with van der Waals surface area (Å²) in [4.78, 5) is 0.214. The van der Waals surface area contributed by atoms with Gasteiger partial charge in [0.25, 0.3) is 0 Å². The largest absolute Gasteiger partial charge is 0.495 e. The third-order valence-corrected chi connectivity index (χ3v) is 5.27. The van der Waals surface area contributed by atoms with Crippen molar-refractivity contribution < 1.29 is 18.3 Å². The lowest BCUT2D eigenvalue weighted by Crippen LogP contribution is -2.28. The third-order valence-electron chi connectivity index (χ3n) is 3.37. The maximum absolute atomic E-state index is 12.5. The van der Waals surface area contributed by atoms with Crippen molar-refractivity contribution in [3.63, 3.8) is 0 Å². The summed E-state index contributed by atoms with van der Waals surface area (Å²) in [6.07, 6.45) is 2.16. The van der Waals surface area contributed by atoms with Crippen molar-refractivity contribution in [2.75, 3.05) is 20.8 Å². The number of aliphatic hydroxyl groups is 1. The van der Waals surface area contributed by atoms with Gasteiger partial charge in [0.15, 0.2) is 0 Å². The Balaban J connectivity index is 2.37. The number of nitrogens with zero attached hydrogens (tertiary/aromatic N) is 1. The molecule has 114 valence electrons. The topological polar surface area (TPSA) is 66.8 Å². The van der Waals surface area contributed by atoms with E-state index in [1.165, 1.54) is 23.5 Å². The molecule has 0 saturated heterocycles. The van der Waals surface area contributed by atoms with Gasteiger partial charge in [0.2, 0.25) is 10.0 Å². The van der Waals surface area contributed by atoms with Crippen LogP contribution in [-0.2, 0) is 10.0 Å². The molecule has 0 aromatic heterocycles. The van der Waals surface area contributed by atoms with Crippen molar-refractivity contribution in [2.45, 2.75) is 30.2 Å². The molecule has 1 aromatic carbocycles. The van der Waals surface area contributed by atoms with Gasteiger partial charge in [0, 0.05) is 19.5 Å². The lowest BCUT2D eigenvalue weighted by atomic mass is 10.2. The van der Waals surface area contributed by atoms with Crippen LogP contribution >= 0.6 is 0 Å². The van der Waals surface area contributed by atoms with Crippen molar-refractivity contribution in [1.29, 1.82) is 0 Å². The molecule has 0 atom stereocenters. The summed E-state index contributed by atoms with van der Waals surface area (Å²) in [5, 5.41) is 8.76. The molecule has 0 unspecified atom stereocenters. The average Bonchev–Trinajstić information content (AvgIpc) is 3.31. The van der Waals surface area contributed by atoms with Crippen LogP contribution in [0.3, 0.4) is 0 Å². The van der Waals surface area contributed by atoms with E-state index in [-0.39, 0.29) is 17.5 Å². The lowest BCUT2D eigenvalue weighted by molar-refractivity contribution is 0.305. The Hall–Kier alpha value is -1.55. The second-order valence-corrected chi connectivity index (χ2v) is 6.89. The molecular formula is C15H19NO4S. The van der Waals surface area contributed by atoms with E-state index in [9.17, 15) is 8.42 Å². The molecule has 6 heteroatoms. The minimum Gasteiger partial charge on any atom is -0.495 e. The highest BCUT2D eigenvalue weighted by atomic mass is 32.2.